The molecule has 2 atom stereocenters. The summed E-state index contributed by atoms with van der Waals surface area (Å²) < 4.78 is 91.4. The first kappa shape index (κ1) is 30.3. The highest BCUT2D eigenvalue weighted by Crippen LogP contribution is 2.29. The number of aromatic nitrogens is 3. The molecule has 2 heterocycles. The average Bonchev–Trinajstić information content (AvgIpc) is 3.16. The molecule has 0 radical (unpaired) electrons. The molecule has 0 fully saturated rings. The third-order valence-corrected chi connectivity index (χ3v) is 4.65. The molecule has 1 unspecified atom stereocenters. The lowest BCUT2D eigenvalue weighted by molar-refractivity contribution is -0.452. The van der Waals surface area contributed by atoms with Crippen molar-refractivity contribution in [3.8, 4) is 0 Å². The normalized spacial score (nSPS) is 14.3. The smallest absolute Gasteiger partial charge is 0.524 e. The van der Waals surface area contributed by atoms with Crippen LogP contribution >= 0.6 is 8.25 Å². The van der Waals surface area contributed by atoms with Crippen LogP contribution in [0, 0.1) is 17.5 Å². The molecule has 35 heavy (non-hydrogen) atoms. The van der Waals surface area contributed by atoms with E-state index >= 15 is 0 Å². The van der Waals surface area contributed by atoms with Crippen LogP contribution in [0.1, 0.15) is 27.9 Å². The van der Waals surface area contributed by atoms with Crippen LogP contribution < -0.4 is 10.6 Å². The van der Waals surface area contributed by atoms with Crippen molar-refractivity contribution in [3.05, 3.63) is 46.8 Å². The molecule has 1 aliphatic rings. The van der Waals surface area contributed by atoms with E-state index in [0.29, 0.717) is 12.1 Å². The fourth-order valence-electron chi connectivity index (χ4n) is 3.04. The number of nitrogens with two attached hydrogens (primary N) is 1. The number of halogens is 6. The molecule has 5 N–H and O–H groups in total. The Balaban J connectivity index is -0.00000110. The van der Waals surface area contributed by atoms with Crippen molar-refractivity contribution in [3.63, 3.8) is 0 Å². The molecule has 1 amide bonds. The van der Waals surface area contributed by atoms with Gasteiger partial charge in [0.2, 0.25) is 11.7 Å². The quantitative estimate of drug-likeness (QED) is 0.178. The van der Waals surface area contributed by atoms with Crippen LogP contribution in [0.2, 0.25) is 0 Å². The van der Waals surface area contributed by atoms with E-state index in [4.69, 9.17) is 20.4 Å². The Bertz CT molecular complexity index is 1060. The van der Waals surface area contributed by atoms with Gasteiger partial charge in [-0.15, -0.1) is 10.2 Å². The second-order valence-corrected chi connectivity index (χ2v) is 7.40. The van der Waals surface area contributed by atoms with Crippen molar-refractivity contribution in [1.82, 2.24) is 19.7 Å². The number of carbonyl (C=O) groups is 1. The van der Waals surface area contributed by atoms with Crippen LogP contribution in [-0.2, 0) is 44.8 Å². The number of hydrogen-bond acceptors (Lipinski definition) is 9. The summed E-state index contributed by atoms with van der Waals surface area (Å²) in [5, 5.41) is 16.4. The zero-order chi connectivity index (χ0) is 25.6. The van der Waals surface area contributed by atoms with E-state index in [1.54, 1.807) is 0 Å². The number of rotatable bonds is 6. The van der Waals surface area contributed by atoms with Gasteiger partial charge in [0.05, 0.1) is 11.2 Å². The molecule has 1 aliphatic heterocycles. The molecule has 0 saturated heterocycles. The van der Waals surface area contributed by atoms with Crippen LogP contribution in [0.15, 0.2) is 12.1 Å². The van der Waals surface area contributed by atoms with Crippen LogP contribution in [-0.4, -0.2) is 48.9 Å². The van der Waals surface area contributed by atoms with Crippen molar-refractivity contribution >= 4 is 14.2 Å². The Hall–Kier alpha value is -2.73. The molecule has 0 saturated carbocycles. The highest BCUT2D eigenvalue weighted by molar-refractivity contribution is 7.30. The molecular formula is C16H24F6N5O7P. The van der Waals surface area contributed by atoms with Gasteiger partial charge in [-0.25, -0.2) is 18.4 Å². The predicted molar refractivity (Wildman–Crippen MR) is 105 cm³/mol. The first-order chi connectivity index (χ1) is 15.8. The van der Waals surface area contributed by atoms with Gasteiger partial charge >= 0.3 is 14.4 Å². The summed E-state index contributed by atoms with van der Waals surface area (Å²) in [6, 6.07) is 0.184. The van der Waals surface area contributed by atoms with Gasteiger partial charge in [-0.1, -0.05) is 0 Å². The third kappa shape index (κ3) is 8.46. The van der Waals surface area contributed by atoms with Crippen molar-refractivity contribution in [2.45, 2.75) is 38.1 Å². The van der Waals surface area contributed by atoms with Crippen molar-refractivity contribution in [1.29, 1.82) is 0 Å². The van der Waals surface area contributed by atoms with Gasteiger partial charge in [-0.2, -0.15) is 13.2 Å². The fourth-order valence-corrected chi connectivity index (χ4v) is 3.09. The van der Waals surface area contributed by atoms with Gasteiger partial charge in [0.1, 0.15) is 5.82 Å². The number of alkyl halides is 3. The molecular weight excluding hydrogens is 519 g/mol. The van der Waals surface area contributed by atoms with Crippen LogP contribution in [0.5, 0.6) is 0 Å². The summed E-state index contributed by atoms with van der Waals surface area (Å²) in [6.45, 7) is -0.302. The van der Waals surface area contributed by atoms with E-state index in [2.05, 4.69) is 19.9 Å². The Morgan fingerprint density at radius 1 is 1.23 bits per heavy atom. The van der Waals surface area contributed by atoms with E-state index in [9.17, 15) is 31.1 Å². The fraction of sp³-hybridized carbons (Fsp3) is 0.438. The summed E-state index contributed by atoms with van der Waals surface area (Å²) in [5.74, 6) is -5.15. The average molecular weight is 543 g/mol. The topological polar surface area (TPSA) is 187 Å². The first-order valence-corrected chi connectivity index (χ1v) is 10.2. The summed E-state index contributed by atoms with van der Waals surface area (Å²) >= 11 is 0. The number of amides is 1. The molecule has 12 nitrogen and oxygen atoms in total. The van der Waals surface area contributed by atoms with Crippen molar-refractivity contribution in [2.24, 2.45) is 5.73 Å². The van der Waals surface area contributed by atoms with Gasteiger partial charge in [0.25, 0.3) is 0 Å². The minimum atomic E-state index is -4.64. The van der Waals surface area contributed by atoms with Gasteiger partial charge in [-0.05, 0) is 27.7 Å². The standard InChI is InChI=1S/C16H15F6N5O.HO5P.H2O.3H2/c17-10-6-12(19)11(18)4-8(10)3-9(23)5-14(28)26-1-2-27-13(7-26)24-25-15(27)16(20,21)22;1-4-5-6(2)3;;;;/h4,6,9H,1-3,5,7,23H2;1H;1H2;3*1H/t9-;;;;;/m1...../s1. The van der Waals surface area contributed by atoms with Crippen molar-refractivity contribution < 1.29 is 65.3 Å². The number of carbonyl (C=O) groups excluding carboxylic acids is 1. The molecule has 0 bridgehead atoms. The zero-order valence-corrected chi connectivity index (χ0v) is 18.2. The van der Waals surface area contributed by atoms with Crippen LogP contribution in [0.25, 0.3) is 0 Å². The second kappa shape index (κ2) is 12.8. The Kier molecular flexibility index (Phi) is 11.1. The Labute approximate surface area is 197 Å². The van der Waals surface area contributed by atoms with Crippen LogP contribution in [0.3, 0.4) is 0 Å². The lowest BCUT2D eigenvalue weighted by Crippen LogP contribution is -2.42. The monoisotopic (exact) mass is 543 g/mol. The highest BCUT2D eigenvalue weighted by Gasteiger charge is 2.40. The molecule has 0 spiro atoms. The molecule has 0 aliphatic carbocycles. The number of benzene rings is 1. The molecule has 19 heteroatoms. The Morgan fingerprint density at radius 2 is 1.86 bits per heavy atom. The lowest BCUT2D eigenvalue weighted by atomic mass is 10.0. The summed E-state index contributed by atoms with van der Waals surface area (Å²) in [4.78, 5) is 22.8. The van der Waals surface area contributed by atoms with Crippen molar-refractivity contribution in [2.75, 3.05) is 6.54 Å². The second-order valence-electron chi connectivity index (χ2n) is 6.80. The summed E-state index contributed by atoms with van der Waals surface area (Å²) in [5.41, 5.74) is 5.64. The molecule has 202 valence electrons. The number of nitrogens with zero attached hydrogens (tertiary/aromatic N) is 4. The maximum absolute atomic E-state index is 13.7. The largest absolute Gasteiger partial charge is 0.564 e. The zero-order valence-electron chi connectivity index (χ0n) is 17.3. The van der Waals surface area contributed by atoms with Crippen LogP contribution in [0.4, 0.5) is 26.3 Å². The molecule has 3 rings (SSSR count). The summed E-state index contributed by atoms with van der Waals surface area (Å²) in [7, 11) is -3.07. The van der Waals surface area contributed by atoms with E-state index in [1.165, 1.54) is 4.90 Å². The first-order valence-electron chi connectivity index (χ1n) is 9.12. The van der Waals surface area contributed by atoms with Gasteiger partial charge in [0.15, 0.2) is 17.5 Å². The minimum Gasteiger partial charge on any atom is -0.564 e. The van der Waals surface area contributed by atoms with E-state index in [1.807, 2.05) is 0 Å². The maximum Gasteiger partial charge on any atom is 0.524 e. The van der Waals surface area contributed by atoms with Gasteiger partial charge in [-0.3, -0.25) is 4.79 Å². The summed E-state index contributed by atoms with van der Waals surface area (Å²) in [6.07, 6.45) is -5.11. The van der Waals surface area contributed by atoms with E-state index in [-0.39, 0.29) is 53.6 Å². The Morgan fingerprint density at radius 3 is 2.40 bits per heavy atom. The SMILES string of the molecule is N[C@@H](CC(=O)N1CCn2c(nnc2C(F)(F)F)C1)Cc1cc(F)c(F)cc1F.O.O=[P+]([O-])OOO.[HH].[HH].[HH]. The maximum atomic E-state index is 13.7. The highest BCUT2D eigenvalue weighted by atomic mass is 31.1. The van der Waals surface area contributed by atoms with Gasteiger partial charge in [0, 0.05) is 35.9 Å². The van der Waals surface area contributed by atoms with E-state index in [0.717, 1.165) is 4.57 Å². The molecule has 2 aromatic rings. The van der Waals surface area contributed by atoms with Gasteiger partial charge < -0.3 is 25.6 Å². The number of hydrogen-bond donors (Lipinski definition) is 2. The number of fused-ring (bicyclic) bond motifs is 1. The van der Waals surface area contributed by atoms with E-state index < -0.39 is 49.7 Å². The third-order valence-electron chi connectivity index (χ3n) is 4.46. The molecule has 1 aromatic carbocycles. The lowest BCUT2D eigenvalue weighted by Gasteiger charge is -2.29. The minimum absolute atomic E-state index is 0. The predicted octanol–water partition coefficient (Wildman–Crippen LogP) is 1.36. The molecule has 1 aromatic heterocycles.